The Morgan fingerprint density at radius 1 is 0.460 bits per heavy atom. The minimum atomic E-state index is 0.642. The highest BCUT2D eigenvalue weighted by Gasteiger charge is 2.33. The van der Waals surface area contributed by atoms with Gasteiger partial charge in [0.1, 0.15) is 0 Å². The smallest absolute Gasteiger partial charge is 0.0949 e. The molecule has 0 radical (unpaired) electrons. The van der Waals surface area contributed by atoms with Gasteiger partial charge in [0.05, 0.1) is 26.4 Å². The molecule has 6 nitrogen and oxygen atoms in total. The number of rotatable bonds is 37. The van der Waals surface area contributed by atoms with Crippen molar-refractivity contribution in [2.75, 3.05) is 67.7 Å². The molecule has 0 bridgehead atoms. The molecule has 1 aliphatic rings. The van der Waals surface area contributed by atoms with Gasteiger partial charge in [-0.15, -0.1) is 0 Å². The van der Waals surface area contributed by atoms with Crippen LogP contribution in [0.1, 0.15) is 168 Å². The molecule has 0 aromatic heterocycles. The van der Waals surface area contributed by atoms with Crippen molar-refractivity contribution in [2.24, 2.45) is 23.7 Å². The van der Waals surface area contributed by atoms with E-state index in [9.17, 15) is 0 Å². The van der Waals surface area contributed by atoms with Gasteiger partial charge in [-0.05, 0) is 96.8 Å². The summed E-state index contributed by atoms with van der Waals surface area (Å²) in [6, 6.07) is 0. The molecule has 296 valence electrons. The van der Waals surface area contributed by atoms with Crippen molar-refractivity contribution in [1.82, 2.24) is 9.80 Å². The van der Waals surface area contributed by atoms with Gasteiger partial charge in [0.2, 0.25) is 0 Å². The van der Waals surface area contributed by atoms with E-state index in [4.69, 9.17) is 19.6 Å². The van der Waals surface area contributed by atoms with Gasteiger partial charge < -0.3 is 9.80 Å². The molecule has 1 rings (SSSR count). The lowest BCUT2D eigenvalue weighted by atomic mass is 9.66. The van der Waals surface area contributed by atoms with Crippen molar-refractivity contribution in [3.8, 4) is 0 Å². The predicted octanol–water partition coefficient (Wildman–Crippen LogP) is 12.0. The van der Waals surface area contributed by atoms with Crippen LogP contribution in [-0.4, -0.2) is 77.5 Å². The standard InChI is InChI=1S/C44H86N2O4/c1-7-9-11-23-29-41-33-34-42(30-24-19-16-18-22-28-38-48-50-40-36-46(5)6)44(43(41)31-25-12-10-8-2)32-26-20-15-13-14-17-21-27-37-47-49-39-35-45(3)4/h26,32-34,41-44H,7-25,27-31,35-40H2,1-6H3/t41?,42-,43?,44?/m1/s1. The van der Waals surface area contributed by atoms with Gasteiger partial charge in [0.15, 0.2) is 0 Å². The van der Waals surface area contributed by atoms with Crippen molar-refractivity contribution < 1.29 is 19.6 Å². The van der Waals surface area contributed by atoms with Crippen LogP contribution in [0, 0.1) is 23.7 Å². The van der Waals surface area contributed by atoms with Crippen LogP contribution in [0.25, 0.3) is 0 Å². The van der Waals surface area contributed by atoms with Crippen molar-refractivity contribution in [2.45, 2.75) is 168 Å². The SMILES string of the molecule is CCCCCCC1C=C[C@@H](CCCCCCCCOOCCN(C)C)C(C=CCCCCCCCCOOCCN(C)C)C1CCCCCC. The van der Waals surface area contributed by atoms with Gasteiger partial charge in [0, 0.05) is 13.1 Å². The molecule has 0 saturated carbocycles. The number of hydrogen-bond donors (Lipinski definition) is 0. The lowest BCUT2D eigenvalue weighted by Crippen LogP contribution is -2.30. The molecule has 1 aliphatic carbocycles. The molecule has 0 aromatic carbocycles. The largest absolute Gasteiger partial charge is 0.307 e. The summed E-state index contributed by atoms with van der Waals surface area (Å²) in [6.07, 6.45) is 42.5. The highest BCUT2D eigenvalue weighted by molar-refractivity contribution is 5.10. The van der Waals surface area contributed by atoms with Crippen LogP contribution in [0.2, 0.25) is 0 Å². The summed E-state index contributed by atoms with van der Waals surface area (Å²) in [6.45, 7) is 9.20. The third-order valence-corrected chi connectivity index (χ3v) is 10.6. The molecule has 50 heavy (non-hydrogen) atoms. The molecular formula is C44H86N2O4. The maximum absolute atomic E-state index is 5.34. The summed E-state index contributed by atoms with van der Waals surface area (Å²) < 4.78 is 0. The third-order valence-electron chi connectivity index (χ3n) is 10.6. The number of allylic oxidation sites excluding steroid dienone is 4. The van der Waals surface area contributed by atoms with Crippen LogP contribution < -0.4 is 0 Å². The summed E-state index contributed by atoms with van der Waals surface area (Å²) in [5, 5.41) is 0. The Balaban J connectivity index is 2.53. The first-order chi connectivity index (χ1) is 24.5. The quantitative estimate of drug-likeness (QED) is 0.0277. The molecule has 0 N–H and O–H groups in total. The number of hydrogen-bond acceptors (Lipinski definition) is 6. The van der Waals surface area contributed by atoms with Crippen LogP contribution in [0.15, 0.2) is 24.3 Å². The molecule has 3 unspecified atom stereocenters. The monoisotopic (exact) mass is 707 g/mol. The molecule has 0 saturated heterocycles. The molecule has 0 aromatic rings. The van der Waals surface area contributed by atoms with E-state index in [-0.39, 0.29) is 0 Å². The van der Waals surface area contributed by atoms with Crippen LogP contribution in [0.3, 0.4) is 0 Å². The fourth-order valence-corrected chi connectivity index (χ4v) is 7.37. The molecule has 0 spiro atoms. The molecular weight excluding hydrogens is 620 g/mol. The Morgan fingerprint density at radius 3 is 1.42 bits per heavy atom. The third kappa shape index (κ3) is 27.8. The molecule has 6 heteroatoms. The molecule has 4 atom stereocenters. The van der Waals surface area contributed by atoms with Crippen LogP contribution in [0.5, 0.6) is 0 Å². The van der Waals surface area contributed by atoms with Crippen molar-refractivity contribution in [3.63, 3.8) is 0 Å². The average Bonchev–Trinajstić information content (AvgIpc) is 3.09. The Hall–Kier alpha value is -0.760. The zero-order valence-electron chi connectivity index (χ0n) is 34.4. The van der Waals surface area contributed by atoms with Gasteiger partial charge in [0.25, 0.3) is 0 Å². The van der Waals surface area contributed by atoms with E-state index in [2.05, 4.69) is 76.1 Å². The number of nitrogens with zero attached hydrogens (tertiary/aromatic N) is 2. The zero-order chi connectivity index (χ0) is 36.3. The Morgan fingerprint density at radius 2 is 0.880 bits per heavy atom. The van der Waals surface area contributed by atoms with Crippen LogP contribution in [0.4, 0.5) is 0 Å². The minimum absolute atomic E-state index is 0.642. The molecule has 0 amide bonds. The van der Waals surface area contributed by atoms with Gasteiger partial charge in [-0.2, -0.15) is 0 Å². The first-order valence-electron chi connectivity index (χ1n) is 21.6. The van der Waals surface area contributed by atoms with Gasteiger partial charge >= 0.3 is 0 Å². The van der Waals surface area contributed by atoms with Crippen molar-refractivity contribution >= 4 is 0 Å². The van der Waals surface area contributed by atoms with E-state index < -0.39 is 0 Å². The van der Waals surface area contributed by atoms with E-state index in [0.717, 1.165) is 62.8 Å². The Bertz CT molecular complexity index is 758. The van der Waals surface area contributed by atoms with E-state index in [0.29, 0.717) is 13.2 Å². The average molecular weight is 707 g/mol. The van der Waals surface area contributed by atoms with Gasteiger partial charge in [-0.25, -0.2) is 19.6 Å². The number of likely N-dealkylation sites (N-methyl/N-ethyl adjacent to an activating group) is 2. The van der Waals surface area contributed by atoms with E-state index >= 15 is 0 Å². The first-order valence-corrected chi connectivity index (χ1v) is 21.6. The summed E-state index contributed by atoms with van der Waals surface area (Å²) in [4.78, 5) is 25.4. The summed E-state index contributed by atoms with van der Waals surface area (Å²) in [5.74, 6) is 3.04. The van der Waals surface area contributed by atoms with Gasteiger partial charge in [-0.1, -0.05) is 147 Å². The fraction of sp³-hybridized carbons (Fsp3) is 0.909. The fourth-order valence-electron chi connectivity index (χ4n) is 7.37. The second-order valence-corrected chi connectivity index (χ2v) is 15.8. The first kappa shape index (κ1) is 47.3. The summed E-state index contributed by atoms with van der Waals surface area (Å²) in [5.41, 5.74) is 0. The van der Waals surface area contributed by atoms with Crippen molar-refractivity contribution in [3.05, 3.63) is 24.3 Å². The Labute approximate surface area is 312 Å². The zero-order valence-corrected chi connectivity index (χ0v) is 34.4. The highest BCUT2D eigenvalue weighted by atomic mass is 17.2. The topological polar surface area (TPSA) is 43.4 Å². The lowest BCUT2D eigenvalue weighted by molar-refractivity contribution is -0.295. The maximum Gasteiger partial charge on any atom is 0.0949 e. The van der Waals surface area contributed by atoms with Gasteiger partial charge in [-0.3, -0.25) is 0 Å². The molecule has 0 aliphatic heterocycles. The van der Waals surface area contributed by atoms with E-state index in [1.165, 1.54) is 141 Å². The van der Waals surface area contributed by atoms with E-state index in [1.807, 2.05) is 0 Å². The Kier molecular flexibility index (Phi) is 33.3. The maximum atomic E-state index is 5.34. The highest BCUT2D eigenvalue weighted by Crippen LogP contribution is 2.43. The second-order valence-electron chi connectivity index (χ2n) is 15.8. The molecule has 0 fully saturated rings. The van der Waals surface area contributed by atoms with Crippen molar-refractivity contribution in [1.29, 1.82) is 0 Å². The van der Waals surface area contributed by atoms with E-state index in [1.54, 1.807) is 0 Å². The lowest BCUT2D eigenvalue weighted by Gasteiger charge is -2.39. The predicted molar refractivity (Wildman–Crippen MR) is 215 cm³/mol. The van der Waals surface area contributed by atoms with Crippen LogP contribution >= 0.6 is 0 Å². The normalized spacial score (nSPS) is 19.5. The summed E-state index contributed by atoms with van der Waals surface area (Å²) >= 11 is 0. The summed E-state index contributed by atoms with van der Waals surface area (Å²) in [7, 11) is 8.21. The van der Waals surface area contributed by atoms with Crippen LogP contribution in [-0.2, 0) is 19.6 Å². The minimum Gasteiger partial charge on any atom is -0.307 e. The number of unbranched alkanes of at least 4 members (excludes halogenated alkanes) is 17. The second kappa shape index (κ2) is 35.3. The molecule has 0 heterocycles.